The van der Waals surface area contributed by atoms with E-state index in [2.05, 4.69) is 0 Å². The van der Waals surface area contributed by atoms with Crippen LogP contribution in [0.15, 0.2) is 58.3 Å². The summed E-state index contributed by atoms with van der Waals surface area (Å²) in [5, 5.41) is 0. The molecule has 0 aliphatic carbocycles. The van der Waals surface area contributed by atoms with Crippen molar-refractivity contribution in [2.75, 3.05) is 26.4 Å². The maximum atomic E-state index is 12.0. The molecule has 31 heavy (non-hydrogen) atoms. The zero-order valence-electron chi connectivity index (χ0n) is 17.3. The van der Waals surface area contributed by atoms with Gasteiger partial charge in [-0.2, -0.15) is 0 Å². The summed E-state index contributed by atoms with van der Waals surface area (Å²) in [6.07, 6.45) is 2.61. The van der Waals surface area contributed by atoms with Crippen molar-refractivity contribution in [3.05, 3.63) is 48.5 Å². The number of rotatable bonds is 8. The number of esters is 2. The Morgan fingerprint density at radius 1 is 0.742 bits per heavy atom. The highest BCUT2D eigenvalue weighted by Crippen LogP contribution is 2.30. The molecule has 2 fully saturated rings. The Balaban J connectivity index is 1.24. The van der Waals surface area contributed by atoms with Gasteiger partial charge in [-0.25, -0.2) is 0 Å². The van der Waals surface area contributed by atoms with E-state index in [1.165, 1.54) is 0 Å². The van der Waals surface area contributed by atoms with E-state index in [0.717, 1.165) is 35.8 Å². The van der Waals surface area contributed by atoms with Crippen LogP contribution in [-0.2, 0) is 19.1 Å². The van der Waals surface area contributed by atoms with Crippen molar-refractivity contribution in [2.24, 2.45) is 11.8 Å². The second kappa shape index (κ2) is 10.8. The molecule has 2 heterocycles. The first-order valence-corrected chi connectivity index (χ1v) is 11.4. The van der Waals surface area contributed by atoms with Crippen molar-refractivity contribution in [3.63, 3.8) is 0 Å². The molecular formula is C24H26O6S. The topological polar surface area (TPSA) is 71.1 Å². The van der Waals surface area contributed by atoms with E-state index in [0.29, 0.717) is 37.6 Å². The van der Waals surface area contributed by atoms with E-state index in [-0.39, 0.29) is 23.8 Å². The van der Waals surface area contributed by atoms with Crippen LogP contribution in [0.1, 0.15) is 25.7 Å². The molecule has 0 spiro atoms. The lowest BCUT2D eigenvalue weighted by Gasteiger charge is -2.09. The van der Waals surface area contributed by atoms with Gasteiger partial charge in [0.2, 0.25) is 0 Å². The van der Waals surface area contributed by atoms with E-state index in [4.69, 9.17) is 18.9 Å². The standard InChI is InChI=1S/C24H26O6S/c25-23(13-17-9-11-27-15-17)29-19-1-5-21(6-2-19)31-22-7-3-20(4-8-22)30-24(26)14-18-10-12-28-16-18/h1-8,17-18H,9-16H2/t17-,18-/m1/s1. The summed E-state index contributed by atoms with van der Waals surface area (Å²) in [4.78, 5) is 26.1. The summed E-state index contributed by atoms with van der Waals surface area (Å²) in [5.41, 5.74) is 0. The Hall–Kier alpha value is -2.35. The zero-order valence-corrected chi connectivity index (χ0v) is 18.1. The molecule has 2 atom stereocenters. The molecule has 0 saturated carbocycles. The minimum absolute atomic E-state index is 0.221. The largest absolute Gasteiger partial charge is 0.427 e. The highest BCUT2D eigenvalue weighted by Gasteiger charge is 2.21. The van der Waals surface area contributed by atoms with Crippen LogP contribution >= 0.6 is 11.8 Å². The van der Waals surface area contributed by atoms with Crippen LogP contribution in [-0.4, -0.2) is 38.4 Å². The minimum atomic E-state index is -0.221. The van der Waals surface area contributed by atoms with Gasteiger partial charge in [0, 0.05) is 23.0 Å². The van der Waals surface area contributed by atoms with Crippen molar-refractivity contribution in [1.82, 2.24) is 0 Å². The first kappa shape index (κ1) is 21.9. The van der Waals surface area contributed by atoms with Crippen LogP contribution in [0.3, 0.4) is 0 Å². The number of ether oxygens (including phenoxy) is 4. The van der Waals surface area contributed by atoms with E-state index >= 15 is 0 Å². The van der Waals surface area contributed by atoms with Gasteiger partial charge in [0.25, 0.3) is 0 Å². The van der Waals surface area contributed by atoms with Gasteiger partial charge in [-0.05, 0) is 73.2 Å². The van der Waals surface area contributed by atoms with Gasteiger partial charge in [0.15, 0.2) is 0 Å². The SMILES string of the molecule is O=C(C[C@H]1CCOC1)Oc1ccc(Sc2ccc(OC(=O)C[C@H]3CCOC3)cc2)cc1. The van der Waals surface area contributed by atoms with E-state index in [1.807, 2.05) is 24.3 Å². The maximum absolute atomic E-state index is 12.0. The Morgan fingerprint density at radius 3 is 1.52 bits per heavy atom. The van der Waals surface area contributed by atoms with Crippen molar-refractivity contribution < 1.29 is 28.5 Å². The van der Waals surface area contributed by atoms with Crippen molar-refractivity contribution >= 4 is 23.7 Å². The quantitative estimate of drug-likeness (QED) is 0.440. The molecule has 2 aliphatic heterocycles. The summed E-state index contributed by atoms with van der Waals surface area (Å²) in [5.74, 6) is 1.18. The Bertz CT molecular complexity index is 794. The predicted octanol–water partition coefficient (Wildman–Crippen LogP) is 4.50. The lowest BCUT2D eigenvalue weighted by atomic mass is 10.1. The summed E-state index contributed by atoms with van der Waals surface area (Å²) in [6, 6.07) is 14.9. The fourth-order valence-electron chi connectivity index (χ4n) is 3.59. The van der Waals surface area contributed by atoms with Crippen molar-refractivity contribution in [2.45, 2.75) is 35.5 Å². The van der Waals surface area contributed by atoms with E-state index in [1.54, 1.807) is 36.0 Å². The highest BCUT2D eigenvalue weighted by atomic mass is 32.2. The number of hydrogen-bond donors (Lipinski definition) is 0. The van der Waals surface area contributed by atoms with Crippen molar-refractivity contribution in [1.29, 1.82) is 0 Å². The van der Waals surface area contributed by atoms with Gasteiger partial charge in [-0.1, -0.05) is 11.8 Å². The van der Waals surface area contributed by atoms with Crippen LogP contribution in [0, 0.1) is 11.8 Å². The summed E-state index contributed by atoms with van der Waals surface area (Å²) < 4.78 is 21.4. The number of benzene rings is 2. The van der Waals surface area contributed by atoms with Gasteiger partial charge in [-0.3, -0.25) is 9.59 Å². The molecule has 0 radical (unpaired) electrons. The molecule has 4 rings (SSSR count). The Morgan fingerprint density at radius 2 is 1.16 bits per heavy atom. The third-order valence-electron chi connectivity index (χ3n) is 5.31. The molecular weight excluding hydrogens is 416 g/mol. The number of carbonyl (C=O) groups is 2. The Kier molecular flexibility index (Phi) is 7.61. The second-order valence-electron chi connectivity index (χ2n) is 7.86. The molecule has 2 saturated heterocycles. The van der Waals surface area contributed by atoms with E-state index in [9.17, 15) is 9.59 Å². The lowest BCUT2D eigenvalue weighted by Crippen LogP contribution is -2.14. The fraction of sp³-hybridized carbons (Fsp3) is 0.417. The first-order chi connectivity index (χ1) is 15.1. The molecule has 0 N–H and O–H groups in total. The van der Waals surface area contributed by atoms with Gasteiger partial charge in [0.05, 0.1) is 26.1 Å². The molecule has 0 aromatic heterocycles. The second-order valence-corrected chi connectivity index (χ2v) is 9.01. The van der Waals surface area contributed by atoms with Crippen LogP contribution in [0.25, 0.3) is 0 Å². The van der Waals surface area contributed by atoms with Crippen LogP contribution in [0.4, 0.5) is 0 Å². The van der Waals surface area contributed by atoms with E-state index < -0.39 is 0 Å². The van der Waals surface area contributed by atoms with Crippen LogP contribution in [0.2, 0.25) is 0 Å². The van der Waals surface area contributed by atoms with Crippen LogP contribution in [0.5, 0.6) is 11.5 Å². The lowest BCUT2D eigenvalue weighted by molar-refractivity contribution is -0.136. The molecule has 7 heteroatoms. The average Bonchev–Trinajstić information content (AvgIpc) is 3.45. The first-order valence-electron chi connectivity index (χ1n) is 10.6. The number of hydrogen-bond acceptors (Lipinski definition) is 7. The smallest absolute Gasteiger partial charge is 0.311 e. The molecule has 2 aliphatic rings. The van der Waals surface area contributed by atoms with Crippen LogP contribution < -0.4 is 9.47 Å². The molecule has 0 amide bonds. The minimum Gasteiger partial charge on any atom is -0.427 e. The zero-order chi connectivity index (χ0) is 21.5. The maximum Gasteiger partial charge on any atom is 0.311 e. The predicted molar refractivity (Wildman–Crippen MR) is 115 cm³/mol. The normalized spacial score (nSPS) is 20.5. The highest BCUT2D eigenvalue weighted by molar-refractivity contribution is 7.99. The number of carbonyl (C=O) groups excluding carboxylic acids is 2. The monoisotopic (exact) mass is 442 g/mol. The molecule has 2 aromatic rings. The third-order valence-corrected chi connectivity index (χ3v) is 6.32. The summed E-state index contributed by atoms with van der Waals surface area (Å²) in [6.45, 7) is 2.72. The molecule has 164 valence electrons. The van der Waals surface area contributed by atoms with Gasteiger partial charge in [-0.15, -0.1) is 0 Å². The molecule has 6 nitrogen and oxygen atoms in total. The molecule has 0 unspecified atom stereocenters. The third kappa shape index (κ3) is 6.82. The fourth-order valence-corrected chi connectivity index (χ4v) is 4.41. The molecule has 2 aromatic carbocycles. The average molecular weight is 443 g/mol. The summed E-state index contributed by atoms with van der Waals surface area (Å²) >= 11 is 1.58. The van der Waals surface area contributed by atoms with Crippen molar-refractivity contribution in [3.8, 4) is 11.5 Å². The van der Waals surface area contributed by atoms with Gasteiger partial charge < -0.3 is 18.9 Å². The Labute approximate surface area is 186 Å². The summed E-state index contributed by atoms with van der Waals surface area (Å²) in [7, 11) is 0. The van der Waals surface area contributed by atoms with Gasteiger partial charge in [0.1, 0.15) is 11.5 Å². The van der Waals surface area contributed by atoms with Gasteiger partial charge >= 0.3 is 11.9 Å². The molecule has 0 bridgehead atoms.